The molecule has 1 heterocycles. The summed E-state index contributed by atoms with van der Waals surface area (Å²) in [7, 11) is 0. The van der Waals surface area contributed by atoms with E-state index >= 15 is 0 Å². The van der Waals surface area contributed by atoms with Crippen molar-refractivity contribution < 1.29 is 23.9 Å². The number of benzene rings is 1. The fourth-order valence-electron chi connectivity index (χ4n) is 4.70. The first-order valence-electron chi connectivity index (χ1n) is 9.47. The van der Waals surface area contributed by atoms with Crippen molar-refractivity contribution >= 4 is 23.7 Å². The maximum absolute atomic E-state index is 13.0. The number of rotatable bonds is 4. The molecule has 2 atom stereocenters. The van der Waals surface area contributed by atoms with E-state index in [9.17, 15) is 19.2 Å². The molecule has 1 N–H and O–H groups in total. The fourth-order valence-corrected chi connectivity index (χ4v) is 4.70. The Morgan fingerprint density at radius 3 is 2.39 bits per heavy atom. The molecule has 0 bridgehead atoms. The van der Waals surface area contributed by atoms with Gasteiger partial charge in [-0.15, -0.1) is 0 Å². The topological polar surface area (TPSA) is 92.8 Å². The standard InChI is InChI=1S/C21H26N2O5/c1-13-9-20(3,4)12-21(10-13)18(26)23(19(27)22-21)11-17(25)28-16-7-5-15(6-8-16)14(2)24/h5-8,13H,9-12H2,1-4H3,(H,22,27)/t13-,21+/m0/s1. The van der Waals surface area contributed by atoms with Crippen LogP contribution < -0.4 is 10.1 Å². The van der Waals surface area contributed by atoms with E-state index in [4.69, 9.17) is 4.74 Å². The first-order chi connectivity index (χ1) is 13.0. The van der Waals surface area contributed by atoms with Gasteiger partial charge in [-0.1, -0.05) is 20.8 Å². The molecule has 1 aromatic rings. The normalized spacial score (nSPS) is 26.3. The van der Waals surface area contributed by atoms with Crippen LogP contribution in [-0.4, -0.2) is 40.7 Å². The Bertz CT molecular complexity index is 830. The van der Waals surface area contributed by atoms with Crippen LogP contribution in [0.15, 0.2) is 24.3 Å². The molecule has 1 aromatic carbocycles. The highest BCUT2D eigenvalue weighted by atomic mass is 16.5. The van der Waals surface area contributed by atoms with Crippen molar-refractivity contribution in [3.63, 3.8) is 0 Å². The van der Waals surface area contributed by atoms with Gasteiger partial charge in [-0.2, -0.15) is 0 Å². The van der Waals surface area contributed by atoms with Crippen molar-refractivity contribution in [2.75, 3.05) is 6.54 Å². The number of ether oxygens (including phenoxy) is 1. The van der Waals surface area contributed by atoms with Gasteiger partial charge in [0.05, 0.1) is 0 Å². The quantitative estimate of drug-likeness (QED) is 0.372. The molecule has 3 amide bonds. The average molecular weight is 386 g/mol. The van der Waals surface area contributed by atoms with E-state index in [1.807, 2.05) is 0 Å². The number of nitrogens with zero attached hydrogens (tertiary/aromatic N) is 1. The summed E-state index contributed by atoms with van der Waals surface area (Å²) in [6, 6.07) is 5.57. The van der Waals surface area contributed by atoms with Gasteiger partial charge in [-0.25, -0.2) is 9.59 Å². The Balaban J connectivity index is 1.68. The number of urea groups is 1. The number of Topliss-reactive ketones (excluding diaryl/α,β-unsaturated/α-hetero) is 1. The zero-order valence-electron chi connectivity index (χ0n) is 16.7. The highest BCUT2D eigenvalue weighted by Gasteiger charge is 2.56. The number of carbonyl (C=O) groups excluding carboxylic acids is 4. The smallest absolute Gasteiger partial charge is 0.331 e. The molecule has 2 fully saturated rings. The number of hydrogen-bond acceptors (Lipinski definition) is 5. The van der Waals surface area contributed by atoms with E-state index in [1.54, 1.807) is 12.1 Å². The summed E-state index contributed by atoms with van der Waals surface area (Å²) in [5.74, 6) is -0.615. The summed E-state index contributed by atoms with van der Waals surface area (Å²) < 4.78 is 5.22. The van der Waals surface area contributed by atoms with Gasteiger partial charge in [-0.3, -0.25) is 14.5 Å². The molecular weight excluding hydrogens is 360 g/mol. The van der Waals surface area contributed by atoms with Crippen LogP contribution in [0, 0.1) is 11.3 Å². The molecule has 2 aliphatic rings. The Morgan fingerprint density at radius 1 is 1.18 bits per heavy atom. The molecule has 1 saturated heterocycles. The van der Waals surface area contributed by atoms with Crippen LogP contribution in [0.4, 0.5) is 4.79 Å². The highest BCUT2D eigenvalue weighted by molar-refractivity contribution is 6.09. The van der Waals surface area contributed by atoms with E-state index in [1.165, 1.54) is 19.1 Å². The Labute approximate surface area is 164 Å². The molecule has 0 radical (unpaired) electrons. The van der Waals surface area contributed by atoms with Crippen LogP contribution in [0.1, 0.15) is 57.3 Å². The molecule has 28 heavy (non-hydrogen) atoms. The SMILES string of the molecule is CC(=O)c1ccc(OC(=O)CN2C(=O)N[C@@]3(C[C@@H](C)CC(C)(C)C3)C2=O)cc1. The Hall–Kier alpha value is -2.70. The number of carbonyl (C=O) groups is 4. The van der Waals surface area contributed by atoms with E-state index in [0.29, 0.717) is 24.3 Å². The molecular formula is C21H26N2O5. The predicted octanol–water partition coefficient (Wildman–Crippen LogP) is 2.93. The number of ketones is 1. The largest absolute Gasteiger partial charge is 0.425 e. The number of imide groups is 1. The lowest BCUT2D eigenvalue weighted by Crippen LogP contribution is -2.54. The number of esters is 1. The molecule has 1 saturated carbocycles. The lowest BCUT2D eigenvalue weighted by atomic mass is 9.64. The Morgan fingerprint density at radius 2 is 1.82 bits per heavy atom. The molecule has 0 unspecified atom stereocenters. The lowest BCUT2D eigenvalue weighted by molar-refractivity contribution is -0.142. The molecule has 7 nitrogen and oxygen atoms in total. The average Bonchev–Trinajstić information content (AvgIpc) is 2.77. The van der Waals surface area contributed by atoms with Crippen molar-refractivity contribution in [2.24, 2.45) is 11.3 Å². The van der Waals surface area contributed by atoms with Gasteiger partial charge >= 0.3 is 12.0 Å². The van der Waals surface area contributed by atoms with Gasteiger partial charge in [0, 0.05) is 5.56 Å². The summed E-state index contributed by atoms with van der Waals surface area (Å²) in [4.78, 5) is 50.0. The summed E-state index contributed by atoms with van der Waals surface area (Å²) >= 11 is 0. The van der Waals surface area contributed by atoms with Gasteiger partial charge in [0.1, 0.15) is 17.8 Å². The van der Waals surface area contributed by atoms with Crippen molar-refractivity contribution in [1.82, 2.24) is 10.2 Å². The molecule has 0 aromatic heterocycles. The van der Waals surface area contributed by atoms with Crippen LogP contribution in [0.3, 0.4) is 0 Å². The van der Waals surface area contributed by atoms with Crippen LogP contribution in [0.5, 0.6) is 5.75 Å². The zero-order valence-corrected chi connectivity index (χ0v) is 16.7. The van der Waals surface area contributed by atoms with Crippen molar-refractivity contribution in [1.29, 1.82) is 0 Å². The van der Waals surface area contributed by atoms with E-state index in [0.717, 1.165) is 11.3 Å². The molecule has 150 valence electrons. The second-order valence-corrected chi connectivity index (χ2v) is 8.81. The minimum absolute atomic E-state index is 0.0738. The van der Waals surface area contributed by atoms with E-state index in [-0.39, 0.29) is 22.9 Å². The molecule has 1 aliphatic carbocycles. The summed E-state index contributed by atoms with van der Waals surface area (Å²) in [6.45, 7) is 7.25. The van der Waals surface area contributed by atoms with E-state index in [2.05, 4.69) is 26.1 Å². The maximum atomic E-state index is 13.0. The van der Waals surface area contributed by atoms with Crippen molar-refractivity contribution in [3.8, 4) is 5.75 Å². The van der Waals surface area contributed by atoms with Gasteiger partial charge in [-0.05, 0) is 61.8 Å². The lowest BCUT2D eigenvalue weighted by Gasteiger charge is -2.43. The van der Waals surface area contributed by atoms with Gasteiger partial charge in [0.15, 0.2) is 5.78 Å². The number of hydrogen-bond donors (Lipinski definition) is 1. The second kappa shape index (κ2) is 7.04. The minimum atomic E-state index is -0.943. The van der Waals surface area contributed by atoms with E-state index < -0.39 is 24.1 Å². The van der Waals surface area contributed by atoms with Crippen LogP contribution in [0.2, 0.25) is 0 Å². The van der Waals surface area contributed by atoms with Crippen LogP contribution in [-0.2, 0) is 9.59 Å². The number of nitrogens with one attached hydrogen (secondary N) is 1. The van der Waals surface area contributed by atoms with Crippen LogP contribution in [0.25, 0.3) is 0 Å². The molecule has 1 aliphatic heterocycles. The van der Waals surface area contributed by atoms with Crippen molar-refractivity contribution in [3.05, 3.63) is 29.8 Å². The molecule has 1 spiro atoms. The van der Waals surface area contributed by atoms with Gasteiger partial charge in [0.25, 0.3) is 5.91 Å². The zero-order chi connectivity index (χ0) is 20.7. The maximum Gasteiger partial charge on any atom is 0.331 e. The minimum Gasteiger partial charge on any atom is -0.425 e. The third kappa shape index (κ3) is 3.93. The predicted molar refractivity (Wildman–Crippen MR) is 102 cm³/mol. The van der Waals surface area contributed by atoms with Crippen LogP contribution >= 0.6 is 0 Å². The molecule has 3 rings (SSSR count). The van der Waals surface area contributed by atoms with Gasteiger partial charge in [0.2, 0.25) is 0 Å². The first-order valence-corrected chi connectivity index (χ1v) is 9.47. The Kier molecular flexibility index (Phi) is 5.04. The third-order valence-corrected chi connectivity index (χ3v) is 5.40. The second-order valence-electron chi connectivity index (χ2n) is 8.81. The van der Waals surface area contributed by atoms with Gasteiger partial charge < -0.3 is 10.1 Å². The fraction of sp³-hybridized carbons (Fsp3) is 0.524. The first kappa shape index (κ1) is 20.0. The third-order valence-electron chi connectivity index (χ3n) is 5.40. The summed E-state index contributed by atoms with van der Waals surface area (Å²) in [6.07, 6.45) is 2.10. The van der Waals surface area contributed by atoms with Crippen molar-refractivity contribution in [2.45, 2.75) is 52.5 Å². The summed E-state index contributed by atoms with van der Waals surface area (Å²) in [5, 5.41) is 2.84. The number of amides is 3. The monoisotopic (exact) mass is 386 g/mol. The highest BCUT2D eigenvalue weighted by Crippen LogP contribution is 2.46. The summed E-state index contributed by atoms with van der Waals surface area (Å²) in [5.41, 5.74) is -0.512. The molecule has 7 heteroatoms.